The van der Waals surface area contributed by atoms with Crippen LogP contribution in [0.4, 0.5) is 17.8 Å². The maximum Gasteiger partial charge on any atom is 0.231 e. The fraction of sp³-hybridized carbons (Fsp3) is 0.750. The predicted octanol–water partition coefficient (Wildman–Crippen LogP) is 0.941. The van der Waals surface area contributed by atoms with Crippen molar-refractivity contribution in [3.05, 3.63) is 0 Å². The van der Waals surface area contributed by atoms with Crippen LogP contribution in [0.25, 0.3) is 0 Å². The lowest BCUT2D eigenvalue weighted by Crippen LogP contribution is -2.23. The summed E-state index contributed by atoms with van der Waals surface area (Å²) < 4.78 is 0. The average Bonchev–Trinajstić information content (AvgIpc) is 2.27. The zero-order chi connectivity index (χ0) is 14.4. The van der Waals surface area contributed by atoms with Crippen molar-refractivity contribution < 1.29 is 5.11 Å². The smallest absolute Gasteiger partial charge is 0.231 e. The van der Waals surface area contributed by atoms with Crippen molar-refractivity contribution >= 4 is 17.8 Å². The van der Waals surface area contributed by atoms with Gasteiger partial charge in [-0.2, -0.15) is 15.0 Å². The molecule has 0 aliphatic rings. The SMILES string of the molecule is CCNc1nc(NC(C)CC(C)O)nc(N(C)C)n1. The van der Waals surface area contributed by atoms with E-state index < -0.39 is 0 Å². The molecule has 0 spiro atoms. The molecular weight excluding hydrogens is 244 g/mol. The number of aliphatic hydroxyl groups excluding tert-OH is 1. The molecule has 2 unspecified atom stereocenters. The summed E-state index contributed by atoms with van der Waals surface area (Å²) in [5, 5.41) is 15.6. The van der Waals surface area contributed by atoms with E-state index in [0.717, 1.165) is 6.54 Å². The Hall–Kier alpha value is -1.63. The molecule has 1 rings (SSSR count). The molecule has 2 atom stereocenters. The summed E-state index contributed by atoms with van der Waals surface area (Å²) in [5.41, 5.74) is 0. The molecule has 1 heterocycles. The molecule has 1 aromatic rings. The molecule has 0 fully saturated rings. The van der Waals surface area contributed by atoms with Gasteiger partial charge in [-0.05, 0) is 27.2 Å². The topological polar surface area (TPSA) is 86.2 Å². The fourth-order valence-electron chi connectivity index (χ4n) is 1.66. The van der Waals surface area contributed by atoms with E-state index in [1.165, 1.54) is 0 Å². The lowest BCUT2D eigenvalue weighted by Gasteiger charge is -2.17. The summed E-state index contributed by atoms with van der Waals surface area (Å²) >= 11 is 0. The second-order valence-corrected chi connectivity index (χ2v) is 4.84. The second kappa shape index (κ2) is 7.08. The molecule has 3 N–H and O–H groups in total. The standard InChI is InChI=1S/C12H24N6O/c1-6-13-10-15-11(14-8(2)7-9(3)19)17-12(16-10)18(4)5/h8-9,19H,6-7H2,1-5H3,(H2,13,14,15,16,17). The first-order valence-corrected chi connectivity index (χ1v) is 6.54. The normalized spacial score (nSPS) is 13.8. The summed E-state index contributed by atoms with van der Waals surface area (Å²) in [6.45, 7) is 6.49. The van der Waals surface area contributed by atoms with Gasteiger partial charge < -0.3 is 20.6 Å². The number of aliphatic hydroxyl groups is 1. The maximum absolute atomic E-state index is 9.37. The largest absolute Gasteiger partial charge is 0.393 e. The highest BCUT2D eigenvalue weighted by molar-refractivity contribution is 5.43. The van der Waals surface area contributed by atoms with E-state index in [-0.39, 0.29) is 12.1 Å². The third-order valence-corrected chi connectivity index (χ3v) is 2.43. The van der Waals surface area contributed by atoms with Gasteiger partial charge in [-0.1, -0.05) is 0 Å². The Morgan fingerprint density at radius 1 is 1.16 bits per heavy atom. The molecule has 0 radical (unpaired) electrons. The molecule has 0 saturated carbocycles. The Morgan fingerprint density at radius 2 is 1.79 bits per heavy atom. The predicted molar refractivity (Wildman–Crippen MR) is 77.7 cm³/mol. The molecule has 7 heteroatoms. The zero-order valence-electron chi connectivity index (χ0n) is 12.3. The van der Waals surface area contributed by atoms with Crippen molar-refractivity contribution in [2.75, 3.05) is 36.2 Å². The minimum absolute atomic E-state index is 0.0897. The van der Waals surface area contributed by atoms with Gasteiger partial charge in [-0.15, -0.1) is 0 Å². The lowest BCUT2D eigenvalue weighted by molar-refractivity contribution is 0.179. The van der Waals surface area contributed by atoms with Crippen LogP contribution in [0.3, 0.4) is 0 Å². The summed E-state index contributed by atoms with van der Waals surface area (Å²) in [4.78, 5) is 14.8. The Balaban J connectivity index is 2.86. The highest BCUT2D eigenvalue weighted by Crippen LogP contribution is 2.13. The summed E-state index contributed by atoms with van der Waals surface area (Å²) in [7, 11) is 3.77. The van der Waals surface area contributed by atoms with Crippen molar-refractivity contribution in [3.63, 3.8) is 0 Å². The number of nitrogens with one attached hydrogen (secondary N) is 2. The molecule has 108 valence electrons. The van der Waals surface area contributed by atoms with Gasteiger partial charge in [-0.3, -0.25) is 0 Å². The van der Waals surface area contributed by atoms with Gasteiger partial charge in [0.1, 0.15) is 0 Å². The minimum atomic E-state index is -0.356. The molecular formula is C12H24N6O. The third kappa shape index (κ3) is 5.25. The highest BCUT2D eigenvalue weighted by Gasteiger charge is 2.11. The van der Waals surface area contributed by atoms with E-state index >= 15 is 0 Å². The van der Waals surface area contributed by atoms with Crippen LogP contribution in [0.2, 0.25) is 0 Å². The first kappa shape index (κ1) is 15.4. The minimum Gasteiger partial charge on any atom is -0.393 e. The van der Waals surface area contributed by atoms with Crippen molar-refractivity contribution in [3.8, 4) is 0 Å². The van der Waals surface area contributed by atoms with Gasteiger partial charge in [0, 0.05) is 26.7 Å². The Kier molecular flexibility index (Phi) is 5.75. The van der Waals surface area contributed by atoms with Gasteiger partial charge in [0.2, 0.25) is 17.8 Å². The van der Waals surface area contributed by atoms with Gasteiger partial charge in [-0.25, -0.2) is 0 Å². The maximum atomic E-state index is 9.37. The molecule has 0 bridgehead atoms. The highest BCUT2D eigenvalue weighted by atomic mass is 16.3. The Bertz CT molecular complexity index is 396. The summed E-state index contributed by atoms with van der Waals surface area (Å²) in [6, 6.07) is 0.0897. The summed E-state index contributed by atoms with van der Waals surface area (Å²) in [5.74, 6) is 1.66. The number of hydrogen-bond donors (Lipinski definition) is 3. The van der Waals surface area contributed by atoms with Crippen LogP contribution in [0, 0.1) is 0 Å². The van der Waals surface area contributed by atoms with Crippen LogP contribution in [-0.4, -0.2) is 52.8 Å². The van der Waals surface area contributed by atoms with Crippen LogP contribution in [0.1, 0.15) is 27.2 Å². The number of aromatic nitrogens is 3. The Morgan fingerprint density at radius 3 is 2.32 bits per heavy atom. The lowest BCUT2D eigenvalue weighted by atomic mass is 10.2. The quantitative estimate of drug-likeness (QED) is 0.678. The van der Waals surface area contributed by atoms with Gasteiger partial charge in [0.05, 0.1) is 6.10 Å². The van der Waals surface area contributed by atoms with E-state index in [9.17, 15) is 5.11 Å². The number of nitrogens with zero attached hydrogens (tertiary/aromatic N) is 4. The second-order valence-electron chi connectivity index (χ2n) is 4.84. The van der Waals surface area contributed by atoms with E-state index in [4.69, 9.17) is 0 Å². The molecule has 0 aromatic carbocycles. The molecule has 0 amide bonds. The van der Waals surface area contributed by atoms with E-state index in [1.54, 1.807) is 6.92 Å². The third-order valence-electron chi connectivity index (χ3n) is 2.43. The van der Waals surface area contributed by atoms with Crippen molar-refractivity contribution in [2.45, 2.75) is 39.3 Å². The number of hydrogen-bond acceptors (Lipinski definition) is 7. The van der Waals surface area contributed by atoms with Crippen molar-refractivity contribution in [1.82, 2.24) is 15.0 Å². The molecule has 7 nitrogen and oxygen atoms in total. The fourth-order valence-corrected chi connectivity index (χ4v) is 1.66. The van der Waals surface area contributed by atoms with Crippen LogP contribution in [0.5, 0.6) is 0 Å². The number of rotatable bonds is 7. The zero-order valence-corrected chi connectivity index (χ0v) is 12.3. The van der Waals surface area contributed by atoms with Crippen LogP contribution >= 0.6 is 0 Å². The molecule has 19 heavy (non-hydrogen) atoms. The molecule has 0 aliphatic carbocycles. The monoisotopic (exact) mass is 268 g/mol. The van der Waals surface area contributed by atoms with Crippen molar-refractivity contribution in [2.24, 2.45) is 0 Å². The van der Waals surface area contributed by atoms with Crippen LogP contribution in [0.15, 0.2) is 0 Å². The first-order valence-electron chi connectivity index (χ1n) is 6.54. The first-order chi connectivity index (χ1) is 8.92. The van der Waals surface area contributed by atoms with E-state index in [2.05, 4.69) is 25.6 Å². The average molecular weight is 268 g/mol. The van der Waals surface area contributed by atoms with Crippen molar-refractivity contribution in [1.29, 1.82) is 0 Å². The summed E-state index contributed by atoms with van der Waals surface area (Å²) in [6.07, 6.45) is 0.283. The Labute approximate surface area is 114 Å². The van der Waals surface area contributed by atoms with Crippen LogP contribution < -0.4 is 15.5 Å². The van der Waals surface area contributed by atoms with Gasteiger partial charge >= 0.3 is 0 Å². The van der Waals surface area contributed by atoms with E-state index in [1.807, 2.05) is 32.8 Å². The molecule has 0 saturated heterocycles. The molecule has 1 aromatic heterocycles. The molecule has 0 aliphatic heterocycles. The van der Waals surface area contributed by atoms with E-state index in [0.29, 0.717) is 24.3 Å². The van der Waals surface area contributed by atoms with Crippen LogP contribution in [-0.2, 0) is 0 Å². The number of anilines is 3. The van der Waals surface area contributed by atoms with Gasteiger partial charge in [0.25, 0.3) is 0 Å². The van der Waals surface area contributed by atoms with Gasteiger partial charge in [0.15, 0.2) is 0 Å².